The maximum atomic E-state index is 12.4. The molecule has 0 radical (unpaired) electrons. The molecular formula is C15H26N2OS. The third-order valence-electron chi connectivity index (χ3n) is 2.77. The van der Waals surface area contributed by atoms with E-state index in [0.29, 0.717) is 0 Å². The zero-order valence-electron chi connectivity index (χ0n) is 13.2. The second kappa shape index (κ2) is 5.61. The highest BCUT2D eigenvalue weighted by Crippen LogP contribution is 2.27. The van der Waals surface area contributed by atoms with Crippen LogP contribution in [0.2, 0.25) is 0 Å². The van der Waals surface area contributed by atoms with Crippen LogP contribution in [0.4, 0.5) is 0 Å². The van der Waals surface area contributed by atoms with Crippen LogP contribution in [0.25, 0.3) is 0 Å². The van der Waals surface area contributed by atoms with Gasteiger partial charge in [0.2, 0.25) is 0 Å². The van der Waals surface area contributed by atoms with Gasteiger partial charge in [-0.15, -0.1) is 11.3 Å². The maximum Gasteiger partial charge on any atom is 0.263 e. The number of amides is 1. The minimum Gasteiger partial charge on any atom is -0.346 e. The van der Waals surface area contributed by atoms with Gasteiger partial charge in [-0.25, -0.2) is 4.98 Å². The summed E-state index contributed by atoms with van der Waals surface area (Å²) in [5.41, 5.74) is 0.817. The summed E-state index contributed by atoms with van der Waals surface area (Å²) in [6.45, 7) is 14.7. The molecule has 0 atom stereocenters. The largest absolute Gasteiger partial charge is 0.346 e. The smallest absolute Gasteiger partial charge is 0.263 e. The highest BCUT2D eigenvalue weighted by Gasteiger charge is 2.28. The molecule has 19 heavy (non-hydrogen) atoms. The molecule has 1 aromatic heterocycles. The molecule has 0 aliphatic rings. The van der Waals surface area contributed by atoms with Gasteiger partial charge >= 0.3 is 0 Å². The molecular weight excluding hydrogens is 256 g/mol. The molecule has 0 aliphatic carbocycles. The van der Waals surface area contributed by atoms with E-state index < -0.39 is 0 Å². The molecule has 0 unspecified atom stereocenters. The molecule has 1 N–H and O–H groups in total. The van der Waals surface area contributed by atoms with Crippen LogP contribution in [0, 0.1) is 12.3 Å². The van der Waals surface area contributed by atoms with Gasteiger partial charge in [-0.2, -0.15) is 0 Å². The average Bonchev–Trinajstić information content (AvgIpc) is 2.54. The molecule has 4 heteroatoms. The number of aryl methyl sites for hydroxylation is 2. The standard InChI is InChI=1S/C15H26N2OS/c1-8-11-16-10(2)12(19-11)13(18)17-15(6,7)9-14(3,4)5/h8-9H2,1-7H3,(H,17,18). The fourth-order valence-electron chi connectivity index (χ4n) is 2.55. The van der Waals surface area contributed by atoms with E-state index in [1.807, 2.05) is 6.92 Å². The van der Waals surface area contributed by atoms with E-state index in [9.17, 15) is 4.79 Å². The highest BCUT2D eigenvalue weighted by molar-refractivity contribution is 7.13. The Balaban J connectivity index is 2.81. The Labute approximate surface area is 120 Å². The van der Waals surface area contributed by atoms with E-state index in [1.165, 1.54) is 11.3 Å². The van der Waals surface area contributed by atoms with E-state index in [2.05, 4.69) is 51.8 Å². The van der Waals surface area contributed by atoms with Crippen molar-refractivity contribution < 1.29 is 4.79 Å². The molecule has 0 bridgehead atoms. The SMILES string of the molecule is CCc1nc(C)c(C(=O)NC(C)(C)CC(C)(C)C)s1. The first-order chi connectivity index (χ1) is 8.54. The lowest BCUT2D eigenvalue weighted by molar-refractivity contribution is 0.0895. The van der Waals surface area contributed by atoms with E-state index in [0.717, 1.165) is 28.4 Å². The molecule has 0 spiro atoms. The number of rotatable bonds is 4. The van der Waals surface area contributed by atoms with Gasteiger partial charge in [-0.3, -0.25) is 4.79 Å². The van der Waals surface area contributed by atoms with Gasteiger partial charge in [-0.05, 0) is 39.0 Å². The zero-order chi connectivity index (χ0) is 14.8. The topological polar surface area (TPSA) is 42.0 Å². The summed E-state index contributed by atoms with van der Waals surface area (Å²) in [6.07, 6.45) is 1.81. The Bertz CT molecular complexity index is 455. The second-order valence-corrected chi connectivity index (χ2v) is 8.03. The Morgan fingerprint density at radius 3 is 2.26 bits per heavy atom. The maximum absolute atomic E-state index is 12.4. The molecule has 0 saturated carbocycles. The summed E-state index contributed by atoms with van der Waals surface area (Å²) in [4.78, 5) is 17.5. The molecule has 0 aliphatic heterocycles. The van der Waals surface area contributed by atoms with Crippen molar-refractivity contribution in [1.82, 2.24) is 10.3 Å². The molecule has 1 heterocycles. The third kappa shape index (κ3) is 4.94. The van der Waals surface area contributed by atoms with Crippen molar-refractivity contribution in [2.24, 2.45) is 5.41 Å². The minimum absolute atomic E-state index is 0.00366. The summed E-state index contributed by atoms with van der Waals surface area (Å²) in [7, 11) is 0. The van der Waals surface area contributed by atoms with Crippen molar-refractivity contribution in [1.29, 1.82) is 0 Å². The Kier molecular flexibility index (Phi) is 4.77. The predicted molar refractivity (Wildman–Crippen MR) is 81.8 cm³/mol. The number of carbonyl (C=O) groups excluding carboxylic acids is 1. The quantitative estimate of drug-likeness (QED) is 0.908. The average molecular weight is 282 g/mol. The fraction of sp³-hybridized carbons (Fsp3) is 0.733. The van der Waals surface area contributed by atoms with Gasteiger partial charge < -0.3 is 5.32 Å². The van der Waals surface area contributed by atoms with Crippen LogP contribution in [0.5, 0.6) is 0 Å². The van der Waals surface area contributed by atoms with Crippen LogP contribution in [0.1, 0.15) is 68.3 Å². The molecule has 0 aromatic carbocycles. The van der Waals surface area contributed by atoms with Gasteiger partial charge in [0.05, 0.1) is 10.7 Å². The third-order valence-corrected chi connectivity index (χ3v) is 4.07. The predicted octanol–water partition coefficient (Wildman–Crippen LogP) is 3.96. The molecule has 0 saturated heterocycles. The van der Waals surface area contributed by atoms with Crippen molar-refractivity contribution in [2.45, 2.75) is 66.8 Å². The molecule has 108 valence electrons. The number of carbonyl (C=O) groups is 1. The van der Waals surface area contributed by atoms with Crippen LogP contribution >= 0.6 is 11.3 Å². The van der Waals surface area contributed by atoms with Crippen LogP contribution in [-0.2, 0) is 6.42 Å². The second-order valence-electron chi connectivity index (χ2n) is 6.95. The van der Waals surface area contributed by atoms with Crippen molar-refractivity contribution in [3.8, 4) is 0 Å². The number of nitrogens with one attached hydrogen (secondary N) is 1. The van der Waals surface area contributed by atoms with Gasteiger partial charge in [0.1, 0.15) is 4.88 Å². The summed E-state index contributed by atoms with van der Waals surface area (Å²) in [6, 6.07) is 0. The number of nitrogens with zero attached hydrogens (tertiary/aromatic N) is 1. The molecule has 1 aromatic rings. The summed E-state index contributed by atoms with van der Waals surface area (Å²) >= 11 is 1.50. The first-order valence-corrected chi connectivity index (χ1v) is 7.64. The Hall–Kier alpha value is -0.900. The monoisotopic (exact) mass is 282 g/mol. The van der Waals surface area contributed by atoms with Gasteiger partial charge in [-0.1, -0.05) is 27.7 Å². The number of aromatic nitrogens is 1. The Morgan fingerprint density at radius 2 is 1.84 bits per heavy atom. The number of hydrogen-bond acceptors (Lipinski definition) is 3. The zero-order valence-corrected chi connectivity index (χ0v) is 14.0. The minimum atomic E-state index is -0.210. The number of thiazole rings is 1. The van der Waals surface area contributed by atoms with E-state index in [-0.39, 0.29) is 16.9 Å². The number of hydrogen-bond donors (Lipinski definition) is 1. The van der Waals surface area contributed by atoms with Crippen LogP contribution in [-0.4, -0.2) is 16.4 Å². The van der Waals surface area contributed by atoms with Crippen LogP contribution in [0.3, 0.4) is 0 Å². The van der Waals surface area contributed by atoms with E-state index in [4.69, 9.17) is 0 Å². The lowest BCUT2D eigenvalue weighted by Crippen LogP contribution is -2.45. The lowest BCUT2D eigenvalue weighted by Gasteiger charge is -2.33. The lowest BCUT2D eigenvalue weighted by atomic mass is 9.82. The summed E-state index contributed by atoms with van der Waals surface area (Å²) in [5.74, 6) is 0.00366. The van der Waals surface area contributed by atoms with Crippen molar-refractivity contribution in [2.75, 3.05) is 0 Å². The van der Waals surface area contributed by atoms with Crippen molar-refractivity contribution in [3.63, 3.8) is 0 Å². The molecule has 1 amide bonds. The Morgan fingerprint density at radius 1 is 1.26 bits per heavy atom. The van der Waals surface area contributed by atoms with Gasteiger partial charge in [0.25, 0.3) is 5.91 Å². The van der Waals surface area contributed by atoms with Gasteiger partial charge in [0.15, 0.2) is 0 Å². The van der Waals surface area contributed by atoms with Crippen molar-refractivity contribution >= 4 is 17.2 Å². The van der Waals surface area contributed by atoms with E-state index in [1.54, 1.807) is 0 Å². The first-order valence-electron chi connectivity index (χ1n) is 6.83. The molecule has 3 nitrogen and oxygen atoms in total. The van der Waals surface area contributed by atoms with Crippen LogP contribution in [0.15, 0.2) is 0 Å². The van der Waals surface area contributed by atoms with Crippen molar-refractivity contribution in [3.05, 3.63) is 15.6 Å². The summed E-state index contributed by atoms with van der Waals surface area (Å²) in [5, 5.41) is 4.16. The molecule has 0 fully saturated rings. The first kappa shape index (κ1) is 16.2. The van der Waals surface area contributed by atoms with Crippen LogP contribution < -0.4 is 5.32 Å². The normalized spacial score (nSPS) is 12.6. The fourth-order valence-corrected chi connectivity index (χ4v) is 3.45. The molecule has 1 rings (SSSR count). The summed E-state index contributed by atoms with van der Waals surface area (Å²) < 4.78 is 0. The highest BCUT2D eigenvalue weighted by atomic mass is 32.1. The van der Waals surface area contributed by atoms with E-state index >= 15 is 0 Å². The van der Waals surface area contributed by atoms with Gasteiger partial charge in [0, 0.05) is 5.54 Å².